The van der Waals surface area contributed by atoms with Crippen molar-refractivity contribution in [3.8, 4) is 0 Å². The van der Waals surface area contributed by atoms with Crippen molar-refractivity contribution in [2.75, 3.05) is 25.0 Å². The normalized spacial score (nSPS) is 15.6. The van der Waals surface area contributed by atoms with Gasteiger partial charge in [-0.25, -0.2) is 4.98 Å². The molecule has 1 saturated heterocycles. The van der Waals surface area contributed by atoms with Gasteiger partial charge in [0.25, 0.3) is 5.91 Å². The fourth-order valence-electron chi connectivity index (χ4n) is 2.48. The molecule has 0 radical (unpaired) electrons. The average molecular weight is 305 g/mol. The zero-order valence-electron chi connectivity index (χ0n) is 12.9. The molecule has 2 heterocycles. The molecule has 120 valence electrons. The van der Waals surface area contributed by atoms with E-state index in [1.54, 1.807) is 18.3 Å². The van der Waals surface area contributed by atoms with Crippen LogP contribution in [-0.4, -0.2) is 46.5 Å². The maximum Gasteiger partial charge on any atom is 0.303 e. The van der Waals surface area contributed by atoms with E-state index in [0.29, 0.717) is 30.3 Å². The molecule has 2 N–H and O–H groups in total. The lowest BCUT2D eigenvalue weighted by Crippen LogP contribution is -2.37. The first-order valence-corrected chi connectivity index (χ1v) is 7.77. The van der Waals surface area contributed by atoms with Gasteiger partial charge in [0, 0.05) is 32.3 Å². The van der Waals surface area contributed by atoms with Gasteiger partial charge in [0.05, 0.1) is 5.56 Å². The maximum absolute atomic E-state index is 12.4. The zero-order chi connectivity index (χ0) is 15.9. The number of likely N-dealkylation sites (tertiary alicyclic amines) is 1. The summed E-state index contributed by atoms with van der Waals surface area (Å²) in [6.07, 6.45) is 4.38. The van der Waals surface area contributed by atoms with E-state index in [2.05, 4.69) is 17.2 Å². The van der Waals surface area contributed by atoms with Gasteiger partial charge in [-0.3, -0.25) is 9.59 Å². The molecule has 0 spiro atoms. The number of nitrogens with one attached hydrogen (secondary N) is 1. The smallest absolute Gasteiger partial charge is 0.303 e. The van der Waals surface area contributed by atoms with Crippen molar-refractivity contribution >= 4 is 17.7 Å². The number of carboxylic acids is 1. The van der Waals surface area contributed by atoms with Crippen molar-refractivity contribution in [3.05, 3.63) is 23.9 Å². The number of hydrogen-bond acceptors (Lipinski definition) is 4. The van der Waals surface area contributed by atoms with Gasteiger partial charge in [0.15, 0.2) is 0 Å². The van der Waals surface area contributed by atoms with Crippen LogP contribution in [0.1, 0.15) is 43.0 Å². The van der Waals surface area contributed by atoms with E-state index < -0.39 is 5.97 Å². The monoisotopic (exact) mass is 305 g/mol. The molecular weight excluding hydrogens is 282 g/mol. The van der Waals surface area contributed by atoms with Crippen LogP contribution in [0.15, 0.2) is 18.3 Å². The summed E-state index contributed by atoms with van der Waals surface area (Å²) in [4.78, 5) is 28.9. The molecule has 6 nitrogen and oxygen atoms in total. The van der Waals surface area contributed by atoms with Gasteiger partial charge in [-0.15, -0.1) is 0 Å². The maximum atomic E-state index is 12.4. The molecule has 22 heavy (non-hydrogen) atoms. The molecule has 0 saturated carbocycles. The Labute approximate surface area is 130 Å². The number of anilines is 1. The second kappa shape index (κ2) is 7.77. The number of piperidine rings is 1. The Balaban J connectivity index is 1.83. The average Bonchev–Trinajstić information content (AvgIpc) is 2.52. The molecule has 1 aromatic heterocycles. The second-order valence-corrected chi connectivity index (χ2v) is 5.83. The lowest BCUT2D eigenvalue weighted by molar-refractivity contribution is -0.137. The van der Waals surface area contributed by atoms with E-state index in [1.165, 1.54) is 0 Å². The van der Waals surface area contributed by atoms with E-state index in [9.17, 15) is 9.59 Å². The Morgan fingerprint density at radius 2 is 2.09 bits per heavy atom. The fourth-order valence-corrected chi connectivity index (χ4v) is 2.48. The third kappa shape index (κ3) is 4.72. The Kier molecular flexibility index (Phi) is 5.75. The van der Waals surface area contributed by atoms with Gasteiger partial charge >= 0.3 is 5.97 Å². The highest BCUT2D eigenvalue weighted by molar-refractivity contribution is 5.94. The molecule has 1 fully saturated rings. The standard InChI is InChI=1S/C16H23N3O3/c1-12-6-9-19(10-7-12)16(22)13-4-5-14(18-11-13)17-8-2-3-15(20)21/h4-5,11-12H,2-3,6-10H2,1H3,(H,17,18)(H,20,21). The summed E-state index contributed by atoms with van der Waals surface area (Å²) in [6.45, 7) is 4.40. The summed E-state index contributed by atoms with van der Waals surface area (Å²) in [7, 11) is 0. The third-order valence-electron chi connectivity index (χ3n) is 3.95. The van der Waals surface area contributed by atoms with Crippen molar-refractivity contribution in [3.63, 3.8) is 0 Å². The van der Waals surface area contributed by atoms with Crippen molar-refractivity contribution in [2.45, 2.75) is 32.6 Å². The Hall–Kier alpha value is -2.11. The molecule has 0 unspecified atom stereocenters. The topological polar surface area (TPSA) is 82.5 Å². The fraction of sp³-hybridized carbons (Fsp3) is 0.562. The molecular formula is C16H23N3O3. The number of carbonyl (C=O) groups excluding carboxylic acids is 1. The van der Waals surface area contributed by atoms with E-state index in [-0.39, 0.29) is 12.3 Å². The minimum atomic E-state index is -0.799. The molecule has 1 aliphatic heterocycles. The Bertz CT molecular complexity index is 508. The minimum Gasteiger partial charge on any atom is -0.481 e. The zero-order valence-corrected chi connectivity index (χ0v) is 12.9. The van der Waals surface area contributed by atoms with Gasteiger partial charge in [-0.05, 0) is 37.3 Å². The van der Waals surface area contributed by atoms with Crippen molar-refractivity contribution in [1.82, 2.24) is 9.88 Å². The molecule has 0 bridgehead atoms. The van der Waals surface area contributed by atoms with Gasteiger partial charge < -0.3 is 15.3 Å². The number of amides is 1. The first-order valence-electron chi connectivity index (χ1n) is 7.77. The van der Waals surface area contributed by atoms with Crippen molar-refractivity contribution in [1.29, 1.82) is 0 Å². The highest BCUT2D eigenvalue weighted by Gasteiger charge is 2.21. The van der Waals surface area contributed by atoms with Crippen LogP contribution in [0.4, 0.5) is 5.82 Å². The van der Waals surface area contributed by atoms with E-state index in [4.69, 9.17) is 5.11 Å². The number of hydrogen-bond donors (Lipinski definition) is 2. The lowest BCUT2D eigenvalue weighted by atomic mass is 9.99. The van der Waals surface area contributed by atoms with Crippen LogP contribution in [0.25, 0.3) is 0 Å². The second-order valence-electron chi connectivity index (χ2n) is 5.83. The van der Waals surface area contributed by atoms with Crippen molar-refractivity contribution < 1.29 is 14.7 Å². The number of rotatable bonds is 6. The van der Waals surface area contributed by atoms with Gasteiger partial charge in [-0.1, -0.05) is 6.92 Å². The van der Waals surface area contributed by atoms with Crippen LogP contribution >= 0.6 is 0 Å². The summed E-state index contributed by atoms with van der Waals surface area (Å²) in [5.41, 5.74) is 0.602. The van der Waals surface area contributed by atoms with Crippen LogP contribution in [0.5, 0.6) is 0 Å². The van der Waals surface area contributed by atoms with Crippen LogP contribution in [0.3, 0.4) is 0 Å². The number of pyridine rings is 1. The summed E-state index contributed by atoms with van der Waals surface area (Å²) in [5.74, 6) is 0.595. The first-order chi connectivity index (χ1) is 10.6. The largest absolute Gasteiger partial charge is 0.481 e. The summed E-state index contributed by atoms with van der Waals surface area (Å²) >= 11 is 0. The van der Waals surface area contributed by atoms with Crippen LogP contribution in [0, 0.1) is 5.92 Å². The highest BCUT2D eigenvalue weighted by Crippen LogP contribution is 2.18. The quantitative estimate of drug-likeness (QED) is 0.788. The summed E-state index contributed by atoms with van der Waals surface area (Å²) in [6, 6.07) is 3.54. The lowest BCUT2D eigenvalue weighted by Gasteiger charge is -2.30. The summed E-state index contributed by atoms with van der Waals surface area (Å²) < 4.78 is 0. The van der Waals surface area contributed by atoms with E-state index >= 15 is 0 Å². The van der Waals surface area contributed by atoms with Crippen LogP contribution < -0.4 is 5.32 Å². The van der Waals surface area contributed by atoms with Crippen LogP contribution in [-0.2, 0) is 4.79 Å². The van der Waals surface area contributed by atoms with Gasteiger partial charge in [-0.2, -0.15) is 0 Å². The molecule has 0 atom stereocenters. The van der Waals surface area contributed by atoms with Gasteiger partial charge in [0.2, 0.25) is 0 Å². The molecule has 2 rings (SSSR count). The third-order valence-corrected chi connectivity index (χ3v) is 3.95. The van der Waals surface area contributed by atoms with Gasteiger partial charge in [0.1, 0.15) is 5.82 Å². The molecule has 6 heteroatoms. The molecule has 1 aromatic rings. The highest BCUT2D eigenvalue weighted by atomic mass is 16.4. The van der Waals surface area contributed by atoms with E-state index in [1.807, 2.05) is 4.90 Å². The SMILES string of the molecule is CC1CCN(C(=O)c2ccc(NCCCC(=O)O)nc2)CC1. The number of carbonyl (C=O) groups is 2. The Morgan fingerprint density at radius 3 is 2.68 bits per heavy atom. The number of carboxylic acid groups (broad SMARTS) is 1. The predicted molar refractivity (Wildman–Crippen MR) is 83.9 cm³/mol. The molecule has 0 aliphatic carbocycles. The molecule has 1 aliphatic rings. The van der Waals surface area contributed by atoms with E-state index in [0.717, 1.165) is 25.9 Å². The van der Waals surface area contributed by atoms with Crippen LogP contribution in [0.2, 0.25) is 0 Å². The van der Waals surface area contributed by atoms with Crippen molar-refractivity contribution in [2.24, 2.45) is 5.92 Å². The number of aliphatic carboxylic acids is 1. The number of aromatic nitrogens is 1. The summed E-state index contributed by atoms with van der Waals surface area (Å²) in [5, 5.41) is 11.6. The number of nitrogens with zero attached hydrogens (tertiary/aromatic N) is 2. The molecule has 1 amide bonds. The minimum absolute atomic E-state index is 0.0387. The predicted octanol–water partition coefficient (Wildman–Crippen LogP) is 2.23. The first kappa shape index (κ1) is 16.3. The Morgan fingerprint density at radius 1 is 1.36 bits per heavy atom. The molecule has 0 aromatic carbocycles.